The van der Waals surface area contributed by atoms with Gasteiger partial charge < -0.3 is 10.5 Å². The van der Waals surface area contributed by atoms with Crippen molar-refractivity contribution in [1.29, 1.82) is 5.26 Å². The predicted octanol–water partition coefficient (Wildman–Crippen LogP) is 1.54. The zero-order valence-corrected chi connectivity index (χ0v) is 8.48. The summed E-state index contributed by atoms with van der Waals surface area (Å²) in [5.74, 6) is 0. The first-order chi connectivity index (χ1) is 7.22. The van der Waals surface area contributed by atoms with Gasteiger partial charge in [-0.1, -0.05) is 12.1 Å². The lowest BCUT2D eigenvalue weighted by atomic mass is 10.0. The summed E-state index contributed by atoms with van der Waals surface area (Å²) in [6.45, 7) is -0.640. The Kier molecular flexibility index (Phi) is 4.22. The van der Waals surface area contributed by atoms with Crippen LogP contribution in [0.15, 0.2) is 24.3 Å². The highest BCUT2D eigenvalue weighted by Gasteiger charge is 2.18. The van der Waals surface area contributed by atoms with E-state index in [1.807, 2.05) is 6.07 Å². The Labute approximate surface area is 88.3 Å². The van der Waals surface area contributed by atoms with E-state index < -0.39 is 18.8 Å². The van der Waals surface area contributed by atoms with Crippen molar-refractivity contribution in [3.8, 4) is 6.07 Å². The van der Waals surface area contributed by atoms with Crippen LogP contribution in [-0.4, -0.2) is 19.8 Å². The number of benzene rings is 1. The van der Waals surface area contributed by atoms with Crippen LogP contribution in [0.2, 0.25) is 0 Å². The van der Waals surface area contributed by atoms with E-state index in [0.717, 1.165) is 5.56 Å². The van der Waals surface area contributed by atoms with Gasteiger partial charge in [-0.15, -0.1) is 0 Å². The van der Waals surface area contributed by atoms with Gasteiger partial charge in [0.15, 0.2) is 0 Å². The lowest BCUT2D eigenvalue weighted by Gasteiger charge is -2.20. The Morgan fingerprint density at radius 1 is 1.47 bits per heavy atom. The molecule has 15 heavy (non-hydrogen) atoms. The van der Waals surface area contributed by atoms with Crippen molar-refractivity contribution in [2.75, 3.05) is 13.8 Å². The fourth-order valence-corrected chi connectivity index (χ4v) is 1.39. The second-order valence-corrected chi connectivity index (χ2v) is 3.21. The van der Waals surface area contributed by atoms with Crippen LogP contribution in [0.4, 0.5) is 4.39 Å². The summed E-state index contributed by atoms with van der Waals surface area (Å²) in [5, 5.41) is 8.61. The van der Waals surface area contributed by atoms with Gasteiger partial charge >= 0.3 is 0 Å². The molecule has 0 aliphatic rings. The minimum Gasteiger partial charge on any atom is -0.375 e. The van der Waals surface area contributed by atoms with Gasteiger partial charge in [0.25, 0.3) is 0 Å². The van der Waals surface area contributed by atoms with Crippen molar-refractivity contribution >= 4 is 0 Å². The van der Waals surface area contributed by atoms with Gasteiger partial charge in [0.1, 0.15) is 6.67 Å². The molecule has 0 aliphatic heterocycles. The third kappa shape index (κ3) is 2.75. The summed E-state index contributed by atoms with van der Waals surface area (Å²) in [7, 11) is 1.48. The molecular formula is C11H13FN2O. The molecule has 2 N–H and O–H groups in total. The minimum absolute atomic E-state index is 0.470. The molecule has 4 heteroatoms. The molecule has 3 nitrogen and oxygen atoms in total. The molecule has 0 bridgehead atoms. The summed E-state index contributed by atoms with van der Waals surface area (Å²) < 4.78 is 17.5. The Bertz CT molecular complexity index is 345. The number of nitrogens with two attached hydrogens (primary N) is 1. The number of ether oxygens (including phenoxy) is 1. The van der Waals surface area contributed by atoms with Gasteiger partial charge in [-0.25, -0.2) is 4.39 Å². The topological polar surface area (TPSA) is 59.0 Å². The Hall–Kier alpha value is -1.44. The number of rotatable bonds is 4. The van der Waals surface area contributed by atoms with E-state index in [1.54, 1.807) is 24.3 Å². The van der Waals surface area contributed by atoms with Crippen LogP contribution < -0.4 is 5.73 Å². The van der Waals surface area contributed by atoms with Crippen LogP contribution in [0.1, 0.15) is 17.2 Å². The molecule has 1 rings (SSSR count). The van der Waals surface area contributed by atoms with Crippen LogP contribution in [0, 0.1) is 11.3 Å². The van der Waals surface area contributed by atoms with E-state index in [-0.39, 0.29) is 0 Å². The summed E-state index contributed by atoms with van der Waals surface area (Å²) >= 11 is 0. The molecule has 0 radical (unpaired) electrons. The minimum atomic E-state index is -0.678. The number of alkyl halides is 1. The zero-order chi connectivity index (χ0) is 11.3. The highest BCUT2D eigenvalue weighted by atomic mass is 19.1. The van der Waals surface area contributed by atoms with Gasteiger partial charge in [0.2, 0.25) is 0 Å². The zero-order valence-electron chi connectivity index (χ0n) is 8.48. The summed E-state index contributed by atoms with van der Waals surface area (Å²) in [6, 6.07) is 8.10. The number of methoxy groups -OCH3 is 1. The molecule has 0 saturated heterocycles. The van der Waals surface area contributed by atoms with Crippen LogP contribution in [0.25, 0.3) is 0 Å². The molecule has 0 fully saturated rings. The van der Waals surface area contributed by atoms with E-state index in [1.165, 1.54) is 7.11 Å². The number of halogens is 1. The van der Waals surface area contributed by atoms with Crippen molar-refractivity contribution < 1.29 is 9.13 Å². The van der Waals surface area contributed by atoms with Crippen molar-refractivity contribution in [1.82, 2.24) is 0 Å². The van der Waals surface area contributed by atoms with Gasteiger partial charge in [-0.05, 0) is 17.7 Å². The van der Waals surface area contributed by atoms with E-state index in [2.05, 4.69) is 0 Å². The van der Waals surface area contributed by atoms with Gasteiger partial charge in [0, 0.05) is 7.11 Å². The highest BCUT2D eigenvalue weighted by molar-refractivity contribution is 5.32. The molecule has 2 unspecified atom stereocenters. The maximum atomic E-state index is 12.4. The second-order valence-electron chi connectivity index (χ2n) is 3.21. The lowest BCUT2D eigenvalue weighted by molar-refractivity contribution is 0.0721. The van der Waals surface area contributed by atoms with Crippen molar-refractivity contribution in [3.05, 3.63) is 35.4 Å². The standard InChI is InChI=1S/C11H13FN2O/c1-15-11(10(14)6-12)9-4-2-8(7-13)3-5-9/h2-5,10-11H,6,14H2,1H3. The van der Waals surface area contributed by atoms with Crippen LogP contribution in [0.5, 0.6) is 0 Å². The largest absolute Gasteiger partial charge is 0.375 e. The monoisotopic (exact) mass is 208 g/mol. The number of hydrogen-bond donors (Lipinski definition) is 1. The van der Waals surface area contributed by atoms with E-state index in [9.17, 15) is 4.39 Å². The van der Waals surface area contributed by atoms with Crippen LogP contribution >= 0.6 is 0 Å². The summed E-state index contributed by atoms with van der Waals surface area (Å²) in [4.78, 5) is 0. The van der Waals surface area contributed by atoms with Gasteiger partial charge in [0.05, 0.1) is 23.8 Å². The third-order valence-corrected chi connectivity index (χ3v) is 2.19. The first kappa shape index (κ1) is 11.6. The highest BCUT2D eigenvalue weighted by Crippen LogP contribution is 2.20. The fraction of sp³-hybridized carbons (Fsp3) is 0.364. The molecule has 0 aliphatic carbocycles. The SMILES string of the molecule is COC(c1ccc(C#N)cc1)C(N)CF. The number of nitrogens with zero attached hydrogens (tertiary/aromatic N) is 1. The molecule has 0 spiro atoms. The van der Waals surface area contributed by atoms with Gasteiger partial charge in [-0.2, -0.15) is 5.26 Å². The maximum absolute atomic E-state index is 12.4. The van der Waals surface area contributed by atoms with Crippen molar-refractivity contribution in [2.24, 2.45) is 5.73 Å². The van der Waals surface area contributed by atoms with Crippen LogP contribution in [-0.2, 0) is 4.74 Å². The quantitative estimate of drug-likeness (QED) is 0.816. The Balaban J connectivity index is 2.89. The maximum Gasteiger partial charge on any atom is 0.107 e. The van der Waals surface area contributed by atoms with Crippen molar-refractivity contribution in [2.45, 2.75) is 12.1 Å². The molecular weight excluding hydrogens is 195 g/mol. The lowest BCUT2D eigenvalue weighted by Crippen LogP contribution is -2.31. The average molecular weight is 208 g/mol. The molecule has 0 amide bonds. The Morgan fingerprint density at radius 2 is 2.07 bits per heavy atom. The molecule has 1 aromatic rings. The molecule has 0 heterocycles. The van der Waals surface area contributed by atoms with E-state index in [4.69, 9.17) is 15.7 Å². The van der Waals surface area contributed by atoms with Crippen molar-refractivity contribution in [3.63, 3.8) is 0 Å². The summed E-state index contributed by atoms with van der Waals surface area (Å²) in [6.07, 6.45) is -0.470. The fourth-order valence-electron chi connectivity index (χ4n) is 1.39. The Morgan fingerprint density at radius 3 is 2.47 bits per heavy atom. The van der Waals surface area contributed by atoms with E-state index in [0.29, 0.717) is 5.56 Å². The first-order valence-corrected chi connectivity index (χ1v) is 4.57. The second kappa shape index (κ2) is 5.44. The molecule has 2 atom stereocenters. The number of hydrogen-bond acceptors (Lipinski definition) is 3. The normalized spacial score (nSPS) is 14.3. The molecule has 0 saturated carbocycles. The third-order valence-electron chi connectivity index (χ3n) is 2.19. The molecule has 0 aromatic heterocycles. The van der Waals surface area contributed by atoms with Crippen LogP contribution in [0.3, 0.4) is 0 Å². The van der Waals surface area contributed by atoms with E-state index >= 15 is 0 Å². The van der Waals surface area contributed by atoms with Gasteiger partial charge in [-0.3, -0.25) is 0 Å². The first-order valence-electron chi connectivity index (χ1n) is 4.57. The molecule has 80 valence electrons. The smallest absolute Gasteiger partial charge is 0.107 e. The average Bonchev–Trinajstić information content (AvgIpc) is 2.30. The molecule has 1 aromatic carbocycles. The summed E-state index contributed by atoms with van der Waals surface area (Å²) in [5.41, 5.74) is 6.90. The number of nitriles is 1. The predicted molar refractivity (Wildman–Crippen MR) is 54.9 cm³/mol.